The van der Waals surface area contributed by atoms with Gasteiger partial charge in [-0.15, -0.1) is 0 Å². The van der Waals surface area contributed by atoms with Gasteiger partial charge in [-0.2, -0.15) is 0 Å². The van der Waals surface area contributed by atoms with Crippen LogP contribution < -0.4 is 0 Å². The van der Waals surface area contributed by atoms with Gasteiger partial charge in [-0.05, 0) is 37.1 Å². The summed E-state index contributed by atoms with van der Waals surface area (Å²) in [6.07, 6.45) is 11.1. The molecule has 0 spiro atoms. The van der Waals surface area contributed by atoms with Crippen molar-refractivity contribution in [2.75, 3.05) is 20.7 Å². The normalized spacial score (nSPS) is 12.5. The Balaban J connectivity index is 4.69. The van der Waals surface area contributed by atoms with Crippen LogP contribution in [-0.4, -0.2) is 31.3 Å². The Labute approximate surface area is 141 Å². The number of methoxy groups -OCH3 is 1. The summed E-state index contributed by atoms with van der Waals surface area (Å²) in [5.74, 6) is 0.813. The highest BCUT2D eigenvalue weighted by molar-refractivity contribution is 5.97. The van der Waals surface area contributed by atoms with Crippen LogP contribution in [0.25, 0.3) is 0 Å². The summed E-state index contributed by atoms with van der Waals surface area (Å²) in [7, 11) is 3.56. The van der Waals surface area contributed by atoms with Gasteiger partial charge in [0.05, 0.1) is 30.8 Å². The molecule has 0 heterocycles. The number of ether oxygens (including phenoxy) is 1. The second kappa shape index (κ2) is 11.1. The first kappa shape index (κ1) is 20.5. The molecule has 0 aliphatic carbocycles. The maximum Gasteiger partial charge on any atom is 0.0927 e. The Kier molecular flexibility index (Phi) is 9.85. The zero-order chi connectivity index (χ0) is 17.8. The molecule has 3 nitrogen and oxygen atoms in total. The molecule has 0 atom stereocenters. The molecule has 0 unspecified atom stereocenters. The molecular formula is C20H28N2O. The average molecular weight is 312 g/mol. The fourth-order valence-corrected chi connectivity index (χ4v) is 1.50. The van der Waals surface area contributed by atoms with E-state index in [4.69, 9.17) is 4.74 Å². The van der Waals surface area contributed by atoms with E-state index in [1.165, 1.54) is 0 Å². The molecule has 0 aliphatic heterocycles. The van der Waals surface area contributed by atoms with Crippen LogP contribution in [0.2, 0.25) is 0 Å². The molecule has 0 saturated heterocycles. The van der Waals surface area contributed by atoms with Gasteiger partial charge >= 0.3 is 0 Å². The summed E-state index contributed by atoms with van der Waals surface area (Å²) in [5.41, 5.74) is 3.45. The number of allylic oxidation sites excluding steroid dienone is 7. The first-order valence-electron chi connectivity index (χ1n) is 7.31. The summed E-state index contributed by atoms with van der Waals surface area (Å²) in [4.78, 5) is 6.41. The molecular weight excluding hydrogens is 284 g/mol. The van der Waals surface area contributed by atoms with Crippen molar-refractivity contribution in [3.05, 3.63) is 85.5 Å². The number of hydrogen-bond donors (Lipinski definition) is 0. The zero-order valence-electron chi connectivity index (χ0n) is 14.8. The van der Waals surface area contributed by atoms with Gasteiger partial charge in [0.15, 0.2) is 0 Å². The highest BCUT2D eigenvalue weighted by atomic mass is 16.5. The monoisotopic (exact) mass is 312 g/mol. The van der Waals surface area contributed by atoms with Crippen LogP contribution in [0.3, 0.4) is 0 Å². The minimum Gasteiger partial charge on any atom is -0.501 e. The lowest BCUT2D eigenvalue weighted by Gasteiger charge is -2.17. The van der Waals surface area contributed by atoms with Gasteiger partial charge in [-0.3, -0.25) is 4.99 Å². The fraction of sp³-hybridized carbons (Fsp3) is 0.250. The third-order valence-electron chi connectivity index (χ3n) is 3.05. The van der Waals surface area contributed by atoms with Crippen LogP contribution >= 0.6 is 0 Å². The Bertz CT molecular complexity index is 574. The largest absolute Gasteiger partial charge is 0.501 e. The molecule has 0 aliphatic rings. The Morgan fingerprint density at radius 3 is 2.39 bits per heavy atom. The minimum atomic E-state index is 0.512. The maximum absolute atomic E-state index is 5.09. The number of aliphatic imine (C=N–C) groups is 1. The molecule has 0 aromatic rings. The second-order valence-corrected chi connectivity index (χ2v) is 5.06. The third-order valence-corrected chi connectivity index (χ3v) is 3.05. The van der Waals surface area contributed by atoms with Gasteiger partial charge in [-0.1, -0.05) is 44.5 Å². The van der Waals surface area contributed by atoms with Gasteiger partial charge in [0.1, 0.15) is 0 Å². The van der Waals surface area contributed by atoms with Crippen molar-refractivity contribution in [3.8, 4) is 0 Å². The molecule has 0 radical (unpaired) electrons. The maximum atomic E-state index is 5.09. The van der Waals surface area contributed by atoms with Crippen molar-refractivity contribution >= 4 is 5.71 Å². The van der Waals surface area contributed by atoms with E-state index >= 15 is 0 Å². The second-order valence-electron chi connectivity index (χ2n) is 5.06. The van der Waals surface area contributed by atoms with Crippen molar-refractivity contribution < 1.29 is 4.74 Å². The van der Waals surface area contributed by atoms with Gasteiger partial charge in [0, 0.05) is 13.2 Å². The van der Waals surface area contributed by atoms with Crippen LogP contribution in [0.4, 0.5) is 0 Å². The smallest absolute Gasteiger partial charge is 0.0927 e. The van der Waals surface area contributed by atoms with Gasteiger partial charge in [0.2, 0.25) is 0 Å². The molecule has 0 N–H and O–H groups in total. The van der Waals surface area contributed by atoms with E-state index < -0.39 is 0 Å². The molecule has 3 heteroatoms. The summed E-state index contributed by atoms with van der Waals surface area (Å²) < 4.78 is 5.09. The molecule has 23 heavy (non-hydrogen) atoms. The van der Waals surface area contributed by atoms with Gasteiger partial charge < -0.3 is 9.64 Å². The Morgan fingerprint density at radius 2 is 1.83 bits per heavy atom. The van der Waals surface area contributed by atoms with Crippen LogP contribution in [0.15, 0.2) is 90.5 Å². The minimum absolute atomic E-state index is 0.512. The van der Waals surface area contributed by atoms with Gasteiger partial charge in [0.25, 0.3) is 0 Å². The van der Waals surface area contributed by atoms with Crippen LogP contribution in [-0.2, 0) is 4.74 Å². The Hall–Kier alpha value is -2.55. The molecule has 0 aromatic carbocycles. The lowest BCUT2D eigenvalue weighted by Crippen LogP contribution is -2.15. The molecule has 0 rings (SSSR count). The predicted octanol–water partition coefficient (Wildman–Crippen LogP) is 4.81. The van der Waals surface area contributed by atoms with E-state index in [1.807, 2.05) is 56.3 Å². The van der Waals surface area contributed by atoms with E-state index in [9.17, 15) is 0 Å². The first-order chi connectivity index (χ1) is 10.8. The van der Waals surface area contributed by atoms with E-state index in [2.05, 4.69) is 31.3 Å². The van der Waals surface area contributed by atoms with Crippen LogP contribution in [0, 0.1) is 0 Å². The van der Waals surface area contributed by atoms with Crippen molar-refractivity contribution in [1.29, 1.82) is 0 Å². The van der Waals surface area contributed by atoms with Crippen molar-refractivity contribution in [2.45, 2.75) is 13.8 Å². The van der Waals surface area contributed by atoms with E-state index in [1.54, 1.807) is 13.2 Å². The van der Waals surface area contributed by atoms with Crippen LogP contribution in [0.1, 0.15) is 13.8 Å². The topological polar surface area (TPSA) is 24.8 Å². The number of hydrogen-bond acceptors (Lipinski definition) is 3. The van der Waals surface area contributed by atoms with Crippen molar-refractivity contribution in [3.63, 3.8) is 0 Å². The van der Waals surface area contributed by atoms with Crippen LogP contribution in [0.5, 0.6) is 0 Å². The molecule has 0 amide bonds. The van der Waals surface area contributed by atoms with Crippen molar-refractivity contribution in [2.24, 2.45) is 4.99 Å². The van der Waals surface area contributed by atoms with E-state index in [-0.39, 0.29) is 0 Å². The molecule has 0 aromatic heterocycles. The SMILES string of the molecule is C=CC=CC(=C)C=CN(C)C(=C)C(C)=NCC(=C)C=C(C)OC. The third kappa shape index (κ3) is 9.14. The zero-order valence-corrected chi connectivity index (χ0v) is 14.8. The number of nitrogens with zero attached hydrogens (tertiary/aromatic N) is 2. The lowest BCUT2D eigenvalue weighted by molar-refractivity contribution is 0.293. The first-order valence-corrected chi connectivity index (χ1v) is 7.31. The quantitative estimate of drug-likeness (QED) is 0.328. The lowest BCUT2D eigenvalue weighted by atomic mass is 10.2. The molecule has 0 saturated carbocycles. The van der Waals surface area contributed by atoms with E-state index in [0.717, 1.165) is 28.3 Å². The standard InChI is InChI=1S/C20H28N2O/c1-9-10-11-16(2)12-13-22(7)20(6)19(5)21-15-17(3)14-18(4)23-8/h9-14H,1-3,6,15H2,4-5,7-8H3. The highest BCUT2D eigenvalue weighted by Gasteiger charge is 2.02. The molecule has 124 valence electrons. The number of rotatable bonds is 10. The summed E-state index contributed by atoms with van der Waals surface area (Å²) in [6, 6.07) is 0. The average Bonchev–Trinajstić information content (AvgIpc) is 2.54. The fourth-order valence-electron chi connectivity index (χ4n) is 1.50. The summed E-state index contributed by atoms with van der Waals surface area (Å²) >= 11 is 0. The summed E-state index contributed by atoms with van der Waals surface area (Å²) in [5, 5.41) is 0. The summed E-state index contributed by atoms with van der Waals surface area (Å²) in [6.45, 7) is 19.9. The molecule has 0 bridgehead atoms. The van der Waals surface area contributed by atoms with Crippen molar-refractivity contribution in [1.82, 2.24) is 4.90 Å². The Morgan fingerprint density at radius 1 is 1.17 bits per heavy atom. The van der Waals surface area contributed by atoms with E-state index in [0.29, 0.717) is 6.54 Å². The predicted molar refractivity (Wildman–Crippen MR) is 102 cm³/mol. The van der Waals surface area contributed by atoms with Gasteiger partial charge in [-0.25, -0.2) is 0 Å². The highest BCUT2D eigenvalue weighted by Crippen LogP contribution is 2.07. The molecule has 0 fully saturated rings.